The number of likely N-dealkylation sites (tertiary alicyclic amines) is 1. The van der Waals surface area contributed by atoms with E-state index in [1.54, 1.807) is 0 Å². The molecule has 0 saturated carbocycles. The van der Waals surface area contributed by atoms with Crippen LogP contribution in [0, 0.1) is 0 Å². The van der Waals surface area contributed by atoms with Crippen LogP contribution in [-0.4, -0.2) is 36.0 Å². The molecule has 1 saturated heterocycles. The number of para-hydroxylation sites is 1. The van der Waals surface area contributed by atoms with Gasteiger partial charge in [-0.1, -0.05) is 19.1 Å². The van der Waals surface area contributed by atoms with Crippen LogP contribution in [0.2, 0.25) is 0 Å². The average molecular weight is 385 g/mol. The summed E-state index contributed by atoms with van der Waals surface area (Å²) in [6, 6.07) is 9.89. The summed E-state index contributed by atoms with van der Waals surface area (Å²) in [6.07, 6.45) is 4.16. The van der Waals surface area contributed by atoms with E-state index in [0.29, 0.717) is 11.5 Å². The van der Waals surface area contributed by atoms with Crippen LogP contribution in [0.5, 0.6) is 5.75 Å². The largest absolute Gasteiger partial charge is 0.488 e. The molecule has 0 bridgehead atoms. The number of hydrogen-bond acceptors (Lipinski definition) is 5. The summed E-state index contributed by atoms with van der Waals surface area (Å²) in [6.45, 7) is 3.11. The fraction of sp³-hybridized carbons (Fsp3) is 0.429. The Morgan fingerprint density at radius 1 is 1.30 bits per heavy atom. The first-order chi connectivity index (χ1) is 13.2. The first-order valence-electron chi connectivity index (χ1n) is 9.49. The van der Waals surface area contributed by atoms with Crippen LogP contribution < -0.4 is 4.74 Å². The topological polar surface area (TPSA) is 55.8 Å². The number of benzene rings is 1. The van der Waals surface area contributed by atoms with Crippen molar-refractivity contribution < 1.29 is 19.1 Å². The van der Waals surface area contributed by atoms with Crippen LogP contribution in [0.25, 0.3) is 10.4 Å². The molecule has 1 aromatic carbocycles. The van der Waals surface area contributed by atoms with Crippen molar-refractivity contribution >= 4 is 23.2 Å². The number of esters is 1. The molecule has 1 atom stereocenters. The molecule has 0 aliphatic carbocycles. The van der Waals surface area contributed by atoms with E-state index < -0.39 is 5.97 Å². The molecule has 2 aromatic rings. The Balaban J connectivity index is 1.43. The lowest BCUT2D eigenvalue weighted by Crippen LogP contribution is -2.45. The maximum atomic E-state index is 12.5. The molecular weight excluding hydrogens is 362 g/mol. The first kappa shape index (κ1) is 18.0. The Morgan fingerprint density at radius 3 is 3.00 bits per heavy atom. The van der Waals surface area contributed by atoms with Gasteiger partial charge in [0.2, 0.25) is 0 Å². The van der Waals surface area contributed by atoms with Gasteiger partial charge in [-0.25, -0.2) is 4.79 Å². The van der Waals surface area contributed by atoms with Crippen molar-refractivity contribution in [1.82, 2.24) is 4.90 Å². The van der Waals surface area contributed by atoms with Gasteiger partial charge in [0.15, 0.2) is 6.61 Å². The number of thiophene rings is 1. The van der Waals surface area contributed by atoms with Gasteiger partial charge in [0.05, 0.1) is 0 Å². The van der Waals surface area contributed by atoms with Gasteiger partial charge < -0.3 is 14.4 Å². The summed E-state index contributed by atoms with van der Waals surface area (Å²) in [4.78, 5) is 28.4. The number of rotatable bonds is 4. The van der Waals surface area contributed by atoms with Crippen molar-refractivity contribution in [3.8, 4) is 16.2 Å². The highest BCUT2D eigenvalue weighted by Crippen LogP contribution is 2.42. The van der Waals surface area contributed by atoms with Crippen molar-refractivity contribution in [1.29, 1.82) is 0 Å². The third kappa shape index (κ3) is 3.58. The van der Waals surface area contributed by atoms with E-state index in [9.17, 15) is 9.59 Å². The Morgan fingerprint density at radius 2 is 2.15 bits per heavy atom. The molecule has 2 aliphatic rings. The number of amides is 1. The van der Waals surface area contributed by atoms with Gasteiger partial charge in [-0.05, 0) is 43.9 Å². The maximum Gasteiger partial charge on any atom is 0.348 e. The molecule has 1 amide bonds. The average Bonchev–Trinajstić information content (AvgIpc) is 3.16. The van der Waals surface area contributed by atoms with E-state index in [0.717, 1.165) is 54.0 Å². The molecule has 27 heavy (non-hydrogen) atoms. The SMILES string of the molecule is CC[C@@H]1CCCCN1C(=O)COC(=O)c1cc2c(s1)-c1ccccc1OC2. The number of nitrogens with zero attached hydrogens (tertiary/aromatic N) is 1. The molecule has 142 valence electrons. The normalized spacial score (nSPS) is 18.3. The van der Waals surface area contributed by atoms with Gasteiger partial charge in [0.1, 0.15) is 17.2 Å². The second-order valence-electron chi connectivity index (χ2n) is 6.97. The van der Waals surface area contributed by atoms with E-state index in [-0.39, 0.29) is 18.6 Å². The Hall–Kier alpha value is -2.34. The zero-order valence-electron chi connectivity index (χ0n) is 15.4. The van der Waals surface area contributed by atoms with Crippen LogP contribution in [0.4, 0.5) is 0 Å². The standard InChI is InChI=1S/C21H23NO4S/c1-2-15-7-5-6-10-22(15)19(23)13-26-21(24)18-11-14-12-25-17-9-4-3-8-16(17)20(14)27-18/h3-4,8-9,11,15H,2,5-7,10,12-13H2,1H3/t15-/m1/s1. The number of fused-ring (bicyclic) bond motifs is 3. The molecule has 2 aliphatic heterocycles. The van der Waals surface area contributed by atoms with Crippen molar-refractivity contribution in [2.45, 2.75) is 45.3 Å². The lowest BCUT2D eigenvalue weighted by molar-refractivity contribution is -0.138. The maximum absolute atomic E-state index is 12.5. The fourth-order valence-corrected chi connectivity index (χ4v) is 4.93. The summed E-state index contributed by atoms with van der Waals surface area (Å²) in [5, 5.41) is 0. The van der Waals surface area contributed by atoms with E-state index in [1.807, 2.05) is 35.2 Å². The molecule has 0 spiro atoms. The Kier molecular flexibility index (Phi) is 5.16. The van der Waals surface area contributed by atoms with E-state index in [2.05, 4.69) is 6.92 Å². The van der Waals surface area contributed by atoms with Gasteiger partial charge in [-0.2, -0.15) is 0 Å². The minimum atomic E-state index is -0.440. The number of piperidine rings is 1. The van der Waals surface area contributed by atoms with Crippen LogP contribution in [0.15, 0.2) is 30.3 Å². The molecule has 0 unspecified atom stereocenters. The molecule has 0 radical (unpaired) electrons. The number of ether oxygens (including phenoxy) is 2. The zero-order valence-corrected chi connectivity index (χ0v) is 16.2. The van der Waals surface area contributed by atoms with Crippen molar-refractivity contribution in [2.24, 2.45) is 0 Å². The number of hydrogen-bond donors (Lipinski definition) is 0. The minimum Gasteiger partial charge on any atom is -0.488 e. The Labute approximate surface area is 162 Å². The summed E-state index contributed by atoms with van der Waals surface area (Å²) < 4.78 is 11.1. The van der Waals surface area contributed by atoms with Gasteiger partial charge in [0.25, 0.3) is 5.91 Å². The molecule has 1 aromatic heterocycles. The van der Waals surface area contributed by atoms with E-state index >= 15 is 0 Å². The van der Waals surface area contributed by atoms with Crippen molar-refractivity contribution in [3.63, 3.8) is 0 Å². The molecule has 6 heteroatoms. The molecule has 3 heterocycles. The summed E-state index contributed by atoms with van der Waals surface area (Å²) >= 11 is 1.40. The molecule has 4 rings (SSSR count). The molecule has 5 nitrogen and oxygen atoms in total. The van der Waals surface area contributed by atoms with Crippen LogP contribution in [-0.2, 0) is 16.1 Å². The monoisotopic (exact) mass is 385 g/mol. The number of carbonyl (C=O) groups excluding carboxylic acids is 2. The lowest BCUT2D eigenvalue weighted by Gasteiger charge is -2.35. The summed E-state index contributed by atoms with van der Waals surface area (Å²) in [7, 11) is 0. The fourth-order valence-electron chi connectivity index (χ4n) is 3.83. The third-order valence-corrected chi connectivity index (χ3v) is 6.46. The van der Waals surface area contributed by atoms with Gasteiger partial charge >= 0.3 is 5.97 Å². The zero-order chi connectivity index (χ0) is 18.8. The van der Waals surface area contributed by atoms with E-state index in [4.69, 9.17) is 9.47 Å². The third-order valence-electron chi connectivity index (χ3n) is 5.27. The van der Waals surface area contributed by atoms with Gasteiger partial charge in [-0.15, -0.1) is 11.3 Å². The highest BCUT2D eigenvalue weighted by Gasteiger charge is 2.27. The summed E-state index contributed by atoms with van der Waals surface area (Å²) in [5.41, 5.74) is 1.98. The highest BCUT2D eigenvalue weighted by atomic mass is 32.1. The van der Waals surface area contributed by atoms with Crippen molar-refractivity contribution in [2.75, 3.05) is 13.2 Å². The molecular formula is C21H23NO4S. The molecule has 0 N–H and O–H groups in total. The predicted molar refractivity (Wildman–Crippen MR) is 104 cm³/mol. The quantitative estimate of drug-likeness (QED) is 0.738. The van der Waals surface area contributed by atoms with Gasteiger partial charge in [0, 0.05) is 28.6 Å². The minimum absolute atomic E-state index is 0.0927. The second-order valence-corrected chi connectivity index (χ2v) is 8.02. The van der Waals surface area contributed by atoms with Crippen LogP contribution in [0.3, 0.4) is 0 Å². The number of carbonyl (C=O) groups is 2. The lowest BCUT2D eigenvalue weighted by atomic mass is 10.00. The molecule has 1 fully saturated rings. The summed E-state index contributed by atoms with van der Waals surface area (Å²) in [5.74, 6) is 0.299. The second kappa shape index (κ2) is 7.72. The van der Waals surface area contributed by atoms with Crippen molar-refractivity contribution in [3.05, 3.63) is 40.8 Å². The van der Waals surface area contributed by atoms with Gasteiger partial charge in [-0.3, -0.25) is 4.79 Å². The highest BCUT2D eigenvalue weighted by molar-refractivity contribution is 7.17. The smallest absolute Gasteiger partial charge is 0.348 e. The Bertz CT molecular complexity index is 860. The van der Waals surface area contributed by atoms with Crippen LogP contribution >= 0.6 is 11.3 Å². The first-order valence-corrected chi connectivity index (χ1v) is 10.3. The predicted octanol–water partition coefficient (Wildman–Crippen LogP) is 4.26. The van der Waals surface area contributed by atoms with E-state index in [1.165, 1.54) is 11.3 Å². The van der Waals surface area contributed by atoms with Crippen LogP contribution in [0.1, 0.15) is 47.8 Å².